The molecule has 1 atom stereocenters. The summed E-state index contributed by atoms with van der Waals surface area (Å²) in [6, 6.07) is 5.67. The molecule has 0 bridgehead atoms. The first-order valence-corrected chi connectivity index (χ1v) is 5.81. The third kappa shape index (κ3) is 4.34. The van der Waals surface area contributed by atoms with Crippen LogP contribution in [0.25, 0.3) is 0 Å². The number of carbonyl (C=O) groups excluding carboxylic acids is 1. The van der Waals surface area contributed by atoms with E-state index in [0.717, 1.165) is 12.0 Å². The first kappa shape index (κ1) is 13.4. The monoisotopic (exact) mass is 236 g/mol. The van der Waals surface area contributed by atoms with Gasteiger partial charge >= 0.3 is 0 Å². The molecule has 1 unspecified atom stereocenters. The van der Waals surface area contributed by atoms with Gasteiger partial charge in [-0.3, -0.25) is 4.79 Å². The molecule has 1 amide bonds. The second-order valence-corrected chi connectivity index (χ2v) is 4.21. The molecule has 4 heteroatoms. The molecule has 0 saturated carbocycles. The normalized spacial score (nSPS) is 11.9. The van der Waals surface area contributed by atoms with Crippen molar-refractivity contribution in [3.63, 3.8) is 0 Å². The van der Waals surface area contributed by atoms with E-state index in [1.54, 1.807) is 6.07 Å². The molecular formula is C13H20N2O2. The number of nitrogens with two attached hydrogens (primary N) is 1. The van der Waals surface area contributed by atoms with Crippen LogP contribution in [0.4, 0.5) is 5.69 Å². The molecule has 0 fully saturated rings. The Hall–Kier alpha value is -1.71. The van der Waals surface area contributed by atoms with Gasteiger partial charge in [-0.2, -0.15) is 0 Å². The van der Waals surface area contributed by atoms with Crippen LogP contribution in [-0.4, -0.2) is 18.6 Å². The summed E-state index contributed by atoms with van der Waals surface area (Å²) in [6.07, 6.45) is 0.901. The second kappa shape index (κ2) is 6.13. The van der Waals surface area contributed by atoms with Gasteiger partial charge in [-0.1, -0.05) is 13.0 Å². The number of carbonyl (C=O) groups is 1. The van der Waals surface area contributed by atoms with E-state index in [-0.39, 0.29) is 18.6 Å². The Morgan fingerprint density at radius 2 is 2.24 bits per heavy atom. The standard InChI is InChI=1S/C13H20N2O2/c1-4-10(3)15-13(16)8-17-12-7-9(2)5-6-11(12)14/h5-7,10H,4,8,14H2,1-3H3,(H,15,16). The van der Waals surface area contributed by atoms with Crippen LogP contribution in [0.2, 0.25) is 0 Å². The lowest BCUT2D eigenvalue weighted by atomic mass is 10.2. The van der Waals surface area contributed by atoms with Crippen molar-refractivity contribution in [2.24, 2.45) is 0 Å². The van der Waals surface area contributed by atoms with Crippen LogP contribution in [0, 0.1) is 6.92 Å². The van der Waals surface area contributed by atoms with Crippen molar-refractivity contribution in [3.8, 4) is 5.75 Å². The highest BCUT2D eigenvalue weighted by Crippen LogP contribution is 2.22. The molecule has 4 nitrogen and oxygen atoms in total. The first-order valence-electron chi connectivity index (χ1n) is 5.81. The van der Waals surface area contributed by atoms with E-state index < -0.39 is 0 Å². The van der Waals surface area contributed by atoms with Gasteiger partial charge in [-0.05, 0) is 38.0 Å². The lowest BCUT2D eigenvalue weighted by Crippen LogP contribution is -2.35. The number of rotatable bonds is 5. The van der Waals surface area contributed by atoms with Crippen molar-refractivity contribution in [1.29, 1.82) is 0 Å². The van der Waals surface area contributed by atoms with E-state index in [1.165, 1.54) is 0 Å². The Bertz CT molecular complexity index is 391. The zero-order valence-corrected chi connectivity index (χ0v) is 10.6. The molecule has 17 heavy (non-hydrogen) atoms. The Kier molecular flexibility index (Phi) is 4.82. The van der Waals surface area contributed by atoms with Crippen LogP contribution >= 0.6 is 0 Å². The third-order valence-corrected chi connectivity index (χ3v) is 2.55. The van der Waals surface area contributed by atoms with Crippen molar-refractivity contribution in [2.75, 3.05) is 12.3 Å². The van der Waals surface area contributed by atoms with Gasteiger partial charge in [0.25, 0.3) is 5.91 Å². The quantitative estimate of drug-likeness (QED) is 0.767. The van der Waals surface area contributed by atoms with Crippen LogP contribution in [0.3, 0.4) is 0 Å². The van der Waals surface area contributed by atoms with Crippen molar-refractivity contribution in [2.45, 2.75) is 33.2 Å². The number of hydrogen-bond acceptors (Lipinski definition) is 3. The summed E-state index contributed by atoms with van der Waals surface area (Å²) in [5, 5.41) is 2.83. The molecule has 1 aromatic rings. The average Bonchev–Trinajstić information content (AvgIpc) is 2.30. The molecule has 1 rings (SSSR count). The molecule has 0 aliphatic heterocycles. The summed E-state index contributed by atoms with van der Waals surface area (Å²) in [6.45, 7) is 5.92. The molecule has 0 saturated heterocycles. The number of nitrogens with one attached hydrogen (secondary N) is 1. The van der Waals surface area contributed by atoms with Gasteiger partial charge in [0.1, 0.15) is 5.75 Å². The predicted molar refractivity (Wildman–Crippen MR) is 69.0 cm³/mol. The summed E-state index contributed by atoms with van der Waals surface area (Å²) in [4.78, 5) is 11.5. The van der Waals surface area contributed by atoms with Gasteiger partial charge in [0.15, 0.2) is 6.61 Å². The minimum atomic E-state index is -0.125. The number of anilines is 1. The van der Waals surface area contributed by atoms with E-state index in [4.69, 9.17) is 10.5 Å². The summed E-state index contributed by atoms with van der Waals surface area (Å²) >= 11 is 0. The Morgan fingerprint density at radius 3 is 2.88 bits per heavy atom. The minimum Gasteiger partial charge on any atom is -0.482 e. The number of aryl methyl sites for hydroxylation is 1. The largest absolute Gasteiger partial charge is 0.482 e. The topological polar surface area (TPSA) is 64.3 Å². The number of amides is 1. The predicted octanol–water partition coefficient (Wildman–Crippen LogP) is 1.87. The highest BCUT2D eigenvalue weighted by Gasteiger charge is 2.07. The Balaban J connectivity index is 2.50. The molecule has 0 aliphatic carbocycles. The molecule has 0 heterocycles. The maximum absolute atomic E-state index is 11.5. The third-order valence-electron chi connectivity index (χ3n) is 2.55. The van der Waals surface area contributed by atoms with Gasteiger partial charge in [0.05, 0.1) is 5.69 Å². The van der Waals surface area contributed by atoms with Crippen molar-refractivity contribution in [1.82, 2.24) is 5.32 Å². The number of ether oxygens (including phenoxy) is 1. The molecule has 0 spiro atoms. The molecule has 0 radical (unpaired) electrons. The highest BCUT2D eigenvalue weighted by molar-refractivity contribution is 5.78. The fourth-order valence-corrected chi connectivity index (χ4v) is 1.33. The van der Waals surface area contributed by atoms with Crippen LogP contribution < -0.4 is 15.8 Å². The second-order valence-electron chi connectivity index (χ2n) is 4.21. The van der Waals surface area contributed by atoms with Crippen molar-refractivity contribution in [3.05, 3.63) is 23.8 Å². The molecule has 3 N–H and O–H groups in total. The fraction of sp³-hybridized carbons (Fsp3) is 0.462. The zero-order chi connectivity index (χ0) is 12.8. The summed E-state index contributed by atoms with van der Waals surface area (Å²) in [5.74, 6) is 0.435. The summed E-state index contributed by atoms with van der Waals surface area (Å²) < 4.78 is 5.39. The van der Waals surface area contributed by atoms with Gasteiger partial charge in [-0.25, -0.2) is 0 Å². The lowest BCUT2D eigenvalue weighted by molar-refractivity contribution is -0.123. The zero-order valence-electron chi connectivity index (χ0n) is 10.6. The molecule has 1 aromatic carbocycles. The average molecular weight is 236 g/mol. The smallest absolute Gasteiger partial charge is 0.258 e. The van der Waals surface area contributed by atoms with Crippen LogP contribution in [-0.2, 0) is 4.79 Å². The Morgan fingerprint density at radius 1 is 1.53 bits per heavy atom. The van der Waals surface area contributed by atoms with E-state index >= 15 is 0 Å². The SMILES string of the molecule is CCC(C)NC(=O)COc1cc(C)ccc1N. The minimum absolute atomic E-state index is 0.00199. The van der Waals surface area contributed by atoms with Gasteiger partial charge in [0.2, 0.25) is 0 Å². The van der Waals surface area contributed by atoms with E-state index in [0.29, 0.717) is 11.4 Å². The van der Waals surface area contributed by atoms with Crippen molar-refractivity contribution >= 4 is 11.6 Å². The van der Waals surface area contributed by atoms with Crippen LogP contribution in [0.5, 0.6) is 5.75 Å². The Labute approximate surface area is 102 Å². The summed E-state index contributed by atoms with van der Waals surface area (Å²) in [7, 11) is 0. The molecular weight excluding hydrogens is 216 g/mol. The van der Waals surface area contributed by atoms with E-state index in [2.05, 4.69) is 5.32 Å². The number of nitrogen functional groups attached to an aromatic ring is 1. The van der Waals surface area contributed by atoms with E-state index in [1.807, 2.05) is 32.9 Å². The van der Waals surface area contributed by atoms with Gasteiger partial charge in [-0.15, -0.1) is 0 Å². The maximum atomic E-state index is 11.5. The molecule has 0 aromatic heterocycles. The van der Waals surface area contributed by atoms with E-state index in [9.17, 15) is 4.79 Å². The van der Waals surface area contributed by atoms with Crippen LogP contribution in [0.1, 0.15) is 25.8 Å². The maximum Gasteiger partial charge on any atom is 0.258 e. The first-order chi connectivity index (χ1) is 8.02. The summed E-state index contributed by atoms with van der Waals surface area (Å²) in [5.41, 5.74) is 7.35. The van der Waals surface area contributed by atoms with Gasteiger partial charge in [0, 0.05) is 6.04 Å². The number of benzene rings is 1. The molecule has 94 valence electrons. The van der Waals surface area contributed by atoms with Crippen LogP contribution in [0.15, 0.2) is 18.2 Å². The highest BCUT2D eigenvalue weighted by atomic mass is 16.5. The number of hydrogen-bond donors (Lipinski definition) is 2. The fourth-order valence-electron chi connectivity index (χ4n) is 1.33. The van der Waals surface area contributed by atoms with Crippen molar-refractivity contribution < 1.29 is 9.53 Å². The molecule has 0 aliphatic rings. The lowest BCUT2D eigenvalue weighted by Gasteiger charge is -2.13. The van der Waals surface area contributed by atoms with Gasteiger partial charge < -0.3 is 15.8 Å².